The van der Waals surface area contributed by atoms with Crippen molar-refractivity contribution >= 4 is 0 Å². The Morgan fingerprint density at radius 1 is 1.04 bits per heavy atom. The SMILES string of the molecule is CC(C)(C)C1CNC(C2CCCCC2)CN1Cc1ccccc1. The van der Waals surface area contributed by atoms with Crippen molar-refractivity contribution in [3.63, 3.8) is 0 Å². The van der Waals surface area contributed by atoms with Crippen molar-refractivity contribution in [1.29, 1.82) is 0 Å². The molecule has 1 aliphatic heterocycles. The monoisotopic (exact) mass is 314 g/mol. The van der Waals surface area contributed by atoms with E-state index in [0.29, 0.717) is 17.5 Å². The van der Waals surface area contributed by atoms with E-state index in [2.05, 4.69) is 61.3 Å². The summed E-state index contributed by atoms with van der Waals surface area (Å²) >= 11 is 0. The molecular formula is C21H34N2. The van der Waals surface area contributed by atoms with Gasteiger partial charge in [0.25, 0.3) is 0 Å². The summed E-state index contributed by atoms with van der Waals surface area (Å²) in [6.07, 6.45) is 7.17. The van der Waals surface area contributed by atoms with Gasteiger partial charge in [-0.05, 0) is 29.7 Å². The molecule has 23 heavy (non-hydrogen) atoms. The summed E-state index contributed by atoms with van der Waals surface area (Å²) < 4.78 is 0. The van der Waals surface area contributed by atoms with Gasteiger partial charge < -0.3 is 5.32 Å². The molecule has 2 atom stereocenters. The zero-order valence-electron chi connectivity index (χ0n) is 15.2. The van der Waals surface area contributed by atoms with Crippen LogP contribution in [0.1, 0.15) is 58.4 Å². The van der Waals surface area contributed by atoms with Crippen LogP contribution in [0, 0.1) is 11.3 Å². The van der Waals surface area contributed by atoms with Crippen molar-refractivity contribution in [3.8, 4) is 0 Å². The Labute approximate surface area is 142 Å². The molecule has 2 nitrogen and oxygen atoms in total. The van der Waals surface area contributed by atoms with Gasteiger partial charge in [-0.1, -0.05) is 70.4 Å². The number of benzene rings is 1. The molecule has 3 rings (SSSR count). The Kier molecular flexibility index (Phi) is 5.43. The van der Waals surface area contributed by atoms with Crippen LogP contribution in [0.2, 0.25) is 0 Å². The zero-order valence-corrected chi connectivity index (χ0v) is 15.2. The highest BCUT2D eigenvalue weighted by molar-refractivity contribution is 5.15. The second-order valence-corrected chi connectivity index (χ2v) is 8.71. The maximum absolute atomic E-state index is 3.92. The molecular weight excluding hydrogens is 280 g/mol. The van der Waals surface area contributed by atoms with E-state index in [1.54, 1.807) is 0 Å². The molecule has 0 amide bonds. The molecule has 2 heteroatoms. The number of nitrogens with one attached hydrogen (secondary N) is 1. The molecule has 2 fully saturated rings. The van der Waals surface area contributed by atoms with E-state index in [4.69, 9.17) is 0 Å². The van der Waals surface area contributed by atoms with Crippen molar-refractivity contribution < 1.29 is 0 Å². The largest absolute Gasteiger partial charge is 0.311 e. The zero-order chi connectivity index (χ0) is 16.3. The van der Waals surface area contributed by atoms with Gasteiger partial charge in [-0.25, -0.2) is 0 Å². The summed E-state index contributed by atoms with van der Waals surface area (Å²) in [5, 5.41) is 3.92. The molecule has 1 aromatic carbocycles. The molecule has 0 aromatic heterocycles. The third-order valence-corrected chi connectivity index (χ3v) is 5.89. The number of piperazine rings is 1. The standard InChI is InChI=1S/C21H34N2/c1-21(2,3)20-14-22-19(18-12-8-5-9-13-18)16-23(20)15-17-10-6-4-7-11-17/h4,6-7,10-11,18-20,22H,5,8-9,12-16H2,1-3H3. The first-order valence-corrected chi connectivity index (χ1v) is 9.55. The van der Waals surface area contributed by atoms with Gasteiger partial charge in [-0.3, -0.25) is 4.90 Å². The molecule has 1 saturated heterocycles. The summed E-state index contributed by atoms with van der Waals surface area (Å²) in [4.78, 5) is 2.76. The van der Waals surface area contributed by atoms with Crippen LogP contribution >= 0.6 is 0 Å². The fourth-order valence-electron chi connectivity index (χ4n) is 4.54. The molecule has 128 valence electrons. The Bertz CT molecular complexity index is 470. The first kappa shape index (κ1) is 17.0. The highest BCUT2D eigenvalue weighted by Crippen LogP contribution is 2.32. The van der Waals surface area contributed by atoms with Gasteiger partial charge in [0, 0.05) is 31.7 Å². The first-order chi connectivity index (χ1) is 11.0. The smallest absolute Gasteiger partial charge is 0.0273 e. The lowest BCUT2D eigenvalue weighted by Crippen LogP contribution is -2.62. The summed E-state index contributed by atoms with van der Waals surface area (Å²) in [5.41, 5.74) is 1.77. The van der Waals surface area contributed by atoms with Crippen LogP contribution < -0.4 is 5.32 Å². The number of hydrogen-bond donors (Lipinski definition) is 1. The number of nitrogens with zero attached hydrogens (tertiary/aromatic N) is 1. The van der Waals surface area contributed by atoms with E-state index < -0.39 is 0 Å². The first-order valence-electron chi connectivity index (χ1n) is 9.55. The predicted molar refractivity (Wildman–Crippen MR) is 98.5 cm³/mol. The average Bonchev–Trinajstić information content (AvgIpc) is 2.55. The van der Waals surface area contributed by atoms with Crippen LogP contribution in [-0.4, -0.2) is 30.1 Å². The van der Waals surface area contributed by atoms with Gasteiger partial charge in [-0.15, -0.1) is 0 Å². The highest BCUT2D eigenvalue weighted by atomic mass is 15.2. The molecule has 1 N–H and O–H groups in total. The van der Waals surface area contributed by atoms with Crippen LogP contribution in [0.25, 0.3) is 0 Å². The molecule has 0 radical (unpaired) electrons. The van der Waals surface area contributed by atoms with Gasteiger partial charge in [0.1, 0.15) is 0 Å². The molecule has 1 heterocycles. The lowest BCUT2D eigenvalue weighted by Gasteiger charge is -2.48. The van der Waals surface area contributed by atoms with E-state index in [1.165, 1.54) is 44.2 Å². The Morgan fingerprint density at radius 2 is 1.74 bits per heavy atom. The Morgan fingerprint density at radius 3 is 2.39 bits per heavy atom. The quantitative estimate of drug-likeness (QED) is 0.886. The molecule has 2 aliphatic rings. The predicted octanol–water partition coefficient (Wildman–Crippen LogP) is 4.46. The number of rotatable bonds is 3. The Hall–Kier alpha value is -0.860. The van der Waals surface area contributed by atoms with Gasteiger partial charge >= 0.3 is 0 Å². The molecule has 1 aromatic rings. The molecule has 1 saturated carbocycles. The Balaban J connectivity index is 1.71. The second-order valence-electron chi connectivity index (χ2n) is 8.71. The van der Waals surface area contributed by atoms with Crippen LogP contribution in [0.15, 0.2) is 30.3 Å². The number of hydrogen-bond acceptors (Lipinski definition) is 2. The molecule has 1 aliphatic carbocycles. The second kappa shape index (κ2) is 7.36. The summed E-state index contributed by atoms with van der Waals surface area (Å²) in [6.45, 7) is 10.6. The maximum Gasteiger partial charge on any atom is 0.0273 e. The van der Waals surface area contributed by atoms with Crippen LogP contribution in [0.5, 0.6) is 0 Å². The maximum atomic E-state index is 3.92. The molecule has 0 spiro atoms. The highest BCUT2D eigenvalue weighted by Gasteiger charge is 2.37. The van der Waals surface area contributed by atoms with E-state index in [-0.39, 0.29) is 0 Å². The third-order valence-electron chi connectivity index (χ3n) is 5.89. The lowest BCUT2D eigenvalue weighted by atomic mass is 9.79. The van der Waals surface area contributed by atoms with E-state index in [9.17, 15) is 0 Å². The fourth-order valence-corrected chi connectivity index (χ4v) is 4.54. The third kappa shape index (κ3) is 4.36. The van der Waals surface area contributed by atoms with E-state index >= 15 is 0 Å². The van der Waals surface area contributed by atoms with Crippen molar-refractivity contribution in [2.45, 2.75) is 71.5 Å². The van der Waals surface area contributed by atoms with Gasteiger partial charge in [0.2, 0.25) is 0 Å². The topological polar surface area (TPSA) is 15.3 Å². The van der Waals surface area contributed by atoms with E-state index in [0.717, 1.165) is 19.0 Å². The summed E-state index contributed by atoms with van der Waals surface area (Å²) in [7, 11) is 0. The van der Waals surface area contributed by atoms with Crippen molar-refractivity contribution in [3.05, 3.63) is 35.9 Å². The van der Waals surface area contributed by atoms with Gasteiger partial charge in [-0.2, -0.15) is 0 Å². The lowest BCUT2D eigenvalue weighted by molar-refractivity contribution is 0.0317. The van der Waals surface area contributed by atoms with Gasteiger partial charge in [0.05, 0.1) is 0 Å². The normalized spacial score (nSPS) is 28.0. The molecule has 2 unspecified atom stereocenters. The molecule has 0 bridgehead atoms. The van der Waals surface area contributed by atoms with E-state index in [1.807, 2.05) is 0 Å². The minimum Gasteiger partial charge on any atom is -0.311 e. The van der Waals surface area contributed by atoms with Gasteiger partial charge in [0.15, 0.2) is 0 Å². The van der Waals surface area contributed by atoms with Crippen LogP contribution in [0.3, 0.4) is 0 Å². The average molecular weight is 315 g/mol. The summed E-state index contributed by atoms with van der Waals surface area (Å²) in [6, 6.07) is 12.3. The fraction of sp³-hybridized carbons (Fsp3) is 0.714. The van der Waals surface area contributed by atoms with Crippen LogP contribution in [0.4, 0.5) is 0 Å². The summed E-state index contributed by atoms with van der Waals surface area (Å²) in [5.74, 6) is 0.892. The minimum atomic E-state index is 0.319. The minimum absolute atomic E-state index is 0.319. The van der Waals surface area contributed by atoms with Crippen LogP contribution in [-0.2, 0) is 6.54 Å². The van der Waals surface area contributed by atoms with Crippen molar-refractivity contribution in [2.24, 2.45) is 11.3 Å². The van der Waals surface area contributed by atoms with Crippen molar-refractivity contribution in [1.82, 2.24) is 10.2 Å². The van der Waals surface area contributed by atoms with Crippen molar-refractivity contribution in [2.75, 3.05) is 13.1 Å².